The standard InChI is InChI=1S/C24H29F6N3.C2H6.C2H2/c1-4-8-17(16-18(9-5-2)23(25,26)27)13-14-20-19(10-7-15-33(20)3)31-22-12-6-11-21(32-22)24(28,29)30;2*1-2/h4,6,8-9,11-12,14,16,19H,5,7,10,13,15H2,1-3H3,(H,31,32);1-2H3;1-2H/b8-4-,17-16+,18-9-,20-14-;;. The van der Waals surface area contributed by atoms with E-state index in [0.29, 0.717) is 12.0 Å². The zero-order chi connectivity index (χ0) is 28.6. The van der Waals surface area contributed by atoms with E-state index in [4.69, 9.17) is 0 Å². The van der Waals surface area contributed by atoms with E-state index in [0.717, 1.165) is 36.9 Å². The van der Waals surface area contributed by atoms with Gasteiger partial charge in [0.2, 0.25) is 0 Å². The topological polar surface area (TPSA) is 28.2 Å². The normalized spacial score (nSPS) is 18.1. The maximum Gasteiger partial charge on any atom is 0.433 e. The van der Waals surface area contributed by atoms with Crippen LogP contribution in [0.4, 0.5) is 32.2 Å². The number of pyridine rings is 1. The maximum atomic E-state index is 13.3. The molecule has 2 heterocycles. The lowest BCUT2D eigenvalue weighted by molar-refractivity contribution is -0.141. The van der Waals surface area contributed by atoms with E-state index in [1.54, 1.807) is 26.0 Å². The number of rotatable bonds is 7. The highest BCUT2D eigenvalue weighted by atomic mass is 19.4. The van der Waals surface area contributed by atoms with E-state index in [1.165, 1.54) is 12.1 Å². The molecule has 1 saturated heterocycles. The van der Waals surface area contributed by atoms with Crippen LogP contribution in [-0.2, 0) is 6.18 Å². The predicted molar refractivity (Wildman–Crippen MR) is 140 cm³/mol. The lowest BCUT2D eigenvalue weighted by Gasteiger charge is -2.35. The van der Waals surface area contributed by atoms with Crippen molar-refractivity contribution in [3.05, 3.63) is 71.1 Å². The number of halogens is 6. The Morgan fingerprint density at radius 1 is 1.16 bits per heavy atom. The van der Waals surface area contributed by atoms with Crippen molar-refractivity contribution in [2.24, 2.45) is 0 Å². The van der Waals surface area contributed by atoms with Gasteiger partial charge in [-0.05, 0) is 56.4 Å². The van der Waals surface area contributed by atoms with Gasteiger partial charge in [0, 0.05) is 19.3 Å². The first kappa shape index (κ1) is 33.8. The van der Waals surface area contributed by atoms with Crippen molar-refractivity contribution < 1.29 is 26.3 Å². The monoisotopic (exact) mass is 529 g/mol. The van der Waals surface area contributed by atoms with Crippen molar-refractivity contribution in [3.8, 4) is 12.8 Å². The fraction of sp³-hybridized carbons (Fsp3) is 0.464. The van der Waals surface area contributed by atoms with Gasteiger partial charge >= 0.3 is 12.4 Å². The molecular weight excluding hydrogens is 492 g/mol. The van der Waals surface area contributed by atoms with Gasteiger partial charge in [-0.2, -0.15) is 26.3 Å². The van der Waals surface area contributed by atoms with E-state index in [9.17, 15) is 26.3 Å². The molecule has 0 spiro atoms. The van der Waals surface area contributed by atoms with Crippen LogP contribution in [0.15, 0.2) is 65.4 Å². The first-order valence-electron chi connectivity index (χ1n) is 12.1. The van der Waals surface area contributed by atoms with Gasteiger partial charge in [-0.1, -0.05) is 51.1 Å². The third-order valence-electron chi connectivity index (χ3n) is 5.17. The molecule has 3 nitrogen and oxygen atoms in total. The van der Waals surface area contributed by atoms with Gasteiger partial charge in [-0.15, -0.1) is 12.8 Å². The summed E-state index contributed by atoms with van der Waals surface area (Å²) in [7, 11) is 1.86. The first-order chi connectivity index (χ1) is 17.5. The van der Waals surface area contributed by atoms with Gasteiger partial charge in [0.15, 0.2) is 0 Å². The number of terminal acetylenes is 1. The third kappa shape index (κ3) is 11.6. The number of piperidine rings is 1. The van der Waals surface area contributed by atoms with Crippen LogP contribution in [0.25, 0.3) is 0 Å². The molecule has 1 unspecified atom stereocenters. The zero-order valence-electron chi connectivity index (χ0n) is 22.0. The summed E-state index contributed by atoms with van der Waals surface area (Å²) in [5, 5.41) is 3.07. The quantitative estimate of drug-likeness (QED) is 0.218. The van der Waals surface area contributed by atoms with Crippen LogP contribution in [0.2, 0.25) is 0 Å². The Hall–Kier alpha value is -3.15. The molecule has 0 bridgehead atoms. The van der Waals surface area contributed by atoms with Crippen LogP contribution in [-0.4, -0.2) is 35.7 Å². The second-order valence-electron chi connectivity index (χ2n) is 7.78. The Bertz CT molecular complexity index is 953. The summed E-state index contributed by atoms with van der Waals surface area (Å²) < 4.78 is 79.0. The van der Waals surface area contributed by atoms with Crippen molar-refractivity contribution in [1.29, 1.82) is 0 Å². The number of nitrogens with one attached hydrogen (secondary N) is 1. The molecule has 0 radical (unpaired) electrons. The average Bonchev–Trinajstić information content (AvgIpc) is 2.85. The van der Waals surface area contributed by atoms with Crippen LogP contribution in [0.3, 0.4) is 0 Å². The molecule has 1 aromatic rings. The molecule has 9 heteroatoms. The number of likely N-dealkylation sites (tertiary alicyclic amines) is 1. The minimum atomic E-state index is -4.55. The molecule has 1 aromatic heterocycles. The molecule has 1 aliphatic heterocycles. The lowest BCUT2D eigenvalue weighted by Crippen LogP contribution is -2.38. The molecule has 1 fully saturated rings. The van der Waals surface area contributed by atoms with Crippen LogP contribution in [0, 0.1) is 12.8 Å². The SMILES string of the molecule is C#C.CC.C\C=C/C(=C\C(=C\CC)C(F)(F)F)C/C=C1/C(Nc2cccc(C(F)(F)F)n2)CCCN1C. The predicted octanol–water partition coefficient (Wildman–Crippen LogP) is 8.56. The number of allylic oxidation sites excluding steroid dienone is 7. The molecule has 0 aliphatic carbocycles. The highest BCUT2D eigenvalue weighted by Crippen LogP contribution is 2.31. The highest BCUT2D eigenvalue weighted by Gasteiger charge is 2.33. The van der Waals surface area contributed by atoms with Crippen LogP contribution in [0.1, 0.15) is 59.1 Å². The molecule has 1 aliphatic rings. The van der Waals surface area contributed by atoms with Crippen LogP contribution >= 0.6 is 0 Å². The number of hydrogen-bond acceptors (Lipinski definition) is 3. The number of aromatic nitrogens is 1. The fourth-order valence-corrected chi connectivity index (χ4v) is 3.66. The number of likely N-dealkylation sites (N-methyl/N-ethyl adjacent to an activating group) is 1. The lowest BCUT2D eigenvalue weighted by atomic mass is 9.98. The molecule has 2 rings (SSSR count). The van der Waals surface area contributed by atoms with Crippen molar-refractivity contribution in [1.82, 2.24) is 9.88 Å². The van der Waals surface area contributed by atoms with E-state index in [2.05, 4.69) is 23.1 Å². The van der Waals surface area contributed by atoms with Crippen molar-refractivity contribution in [2.45, 2.75) is 71.8 Å². The van der Waals surface area contributed by atoms with Gasteiger partial charge in [-0.3, -0.25) is 0 Å². The zero-order valence-corrected chi connectivity index (χ0v) is 22.0. The van der Waals surface area contributed by atoms with Crippen molar-refractivity contribution in [2.75, 3.05) is 18.9 Å². The second-order valence-corrected chi connectivity index (χ2v) is 7.78. The van der Waals surface area contributed by atoms with Gasteiger partial charge < -0.3 is 10.2 Å². The Kier molecular flexibility index (Phi) is 15.2. The summed E-state index contributed by atoms with van der Waals surface area (Å²) in [6, 6.07) is 3.36. The number of nitrogens with zero attached hydrogens (tertiary/aromatic N) is 2. The first-order valence-corrected chi connectivity index (χ1v) is 12.1. The van der Waals surface area contributed by atoms with E-state index in [1.807, 2.05) is 31.9 Å². The maximum absolute atomic E-state index is 13.3. The van der Waals surface area contributed by atoms with Gasteiger partial charge in [0.25, 0.3) is 0 Å². The Morgan fingerprint density at radius 3 is 2.35 bits per heavy atom. The molecule has 1 atom stereocenters. The van der Waals surface area contributed by atoms with E-state index < -0.39 is 23.6 Å². The average molecular weight is 530 g/mol. The van der Waals surface area contributed by atoms with Gasteiger partial charge in [-0.25, -0.2) is 4.98 Å². The summed E-state index contributed by atoms with van der Waals surface area (Å²) >= 11 is 0. The summed E-state index contributed by atoms with van der Waals surface area (Å²) in [6.45, 7) is 8.12. The highest BCUT2D eigenvalue weighted by molar-refractivity contribution is 5.41. The Balaban J connectivity index is 0.00000308. The third-order valence-corrected chi connectivity index (χ3v) is 5.17. The van der Waals surface area contributed by atoms with E-state index in [-0.39, 0.29) is 24.7 Å². The second kappa shape index (κ2) is 16.6. The summed E-state index contributed by atoms with van der Waals surface area (Å²) in [5.74, 6) is 0.102. The van der Waals surface area contributed by atoms with Crippen molar-refractivity contribution in [3.63, 3.8) is 0 Å². The molecule has 206 valence electrons. The molecular formula is C28H37F6N3. The van der Waals surface area contributed by atoms with Crippen LogP contribution in [0.5, 0.6) is 0 Å². The molecule has 0 amide bonds. The number of anilines is 1. The van der Waals surface area contributed by atoms with Crippen molar-refractivity contribution >= 4 is 5.82 Å². The van der Waals surface area contributed by atoms with Gasteiger partial charge in [0.05, 0.1) is 11.6 Å². The summed E-state index contributed by atoms with van der Waals surface area (Å²) in [5.41, 5.74) is -0.389. The van der Waals surface area contributed by atoms with Gasteiger partial charge in [0.1, 0.15) is 11.5 Å². The van der Waals surface area contributed by atoms with Crippen LogP contribution < -0.4 is 5.32 Å². The minimum Gasteiger partial charge on any atom is -0.376 e. The summed E-state index contributed by atoms with van der Waals surface area (Å²) in [6.07, 6.45) is 8.42. The minimum absolute atomic E-state index is 0.102. The number of alkyl halides is 6. The molecule has 1 N–H and O–H groups in total. The number of hydrogen-bond donors (Lipinski definition) is 1. The molecule has 0 saturated carbocycles. The smallest absolute Gasteiger partial charge is 0.376 e. The molecule has 0 aromatic carbocycles. The Morgan fingerprint density at radius 2 is 1.81 bits per heavy atom. The fourth-order valence-electron chi connectivity index (χ4n) is 3.66. The Labute approximate surface area is 217 Å². The largest absolute Gasteiger partial charge is 0.433 e. The summed E-state index contributed by atoms with van der Waals surface area (Å²) in [4.78, 5) is 5.64. The molecule has 37 heavy (non-hydrogen) atoms. The van der Waals surface area contributed by atoms with E-state index >= 15 is 0 Å².